The number of hydrogen-bond acceptors (Lipinski definition) is 2. The topological polar surface area (TPSA) is 69.6 Å². The zero-order valence-electron chi connectivity index (χ0n) is 13.0. The van der Waals surface area contributed by atoms with Crippen molar-refractivity contribution >= 4 is 12.0 Å². The largest absolute Gasteiger partial charge is 0.481 e. The highest BCUT2D eigenvalue weighted by molar-refractivity contribution is 5.75. The van der Waals surface area contributed by atoms with Crippen LogP contribution in [-0.2, 0) is 4.79 Å². The average molecular weight is 272 g/mol. The van der Waals surface area contributed by atoms with Crippen LogP contribution in [0.3, 0.4) is 0 Å². The molecular weight excluding hydrogens is 244 g/mol. The molecule has 0 aromatic rings. The zero-order chi connectivity index (χ0) is 15.2. The Hall–Kier alpha value is -1.26. The van der Waals surface area contributed by atoms with E-state index in [4.69, 9.17) is 5.11 Å². The van der Waals surface area contributed by atoms with Gasteiger partial charge in [0.1, 0.15) is 0 Å². The molecule has 112 valence electrons. The van der Waals surface area contributed by atoms with Crippen molar-refractivity contribution < 1.29 is 14.7 Å². The van der Waals surface area contributed by atoms with E-state index in [0.29, 0.717) is 19.0 Å². The van der Waals surface area contributed by atoms with Crippen LogP contribution in [0.4, 0.5) is 4.79 Å². The highest BCUT2D eigenvalue weighted by Crippen LogP contribution is 2.24. The summed E-state index contributed by atoms with van der Waals surface area (Å²) in [5.74, 6) is -1.08. The minimum atomic E-state index is -0.880. The summed E-state index contributed by atoms with van der Waals surface area (Å²) >= 11 is 0. The van der Waals surface area contributed by atoms with Gasteiger partial charge in [0, 0.05) is 19.6 Å². The van der Waals surface area contributed by atoms with Crippen LogP contribution in [0.25, 0.3) is 0 Å². The molecule has 0 saturated carbocycles. The van der Waals surface area contributed by atoms with E-state index < -0.39 is 11.9 Å². The van der Waals surface area contributed by atoms with Gasteiger partial charge in [0.05, 0.1) is 5.92 Å². The molecule has 2 atom stereocenters. The Morgan fingerprint density at radius 3 is 2.16 bits per heavy atom. The predicted octanol–water partition coefficient (Wildman–Crippen LogP) is 2.42. The molecule has 0 bridgehead atoms. The number of carbonyl (C=O) groups excluding carboxylic acids is 1. The summed E-state index contributed by atoms with van der Waals surface area (Å²) in [7, 11) is 0. The molecule has 2 amide bonds. The predicted molar refractivity (Wildman–Crippen MR) is 76.1 cm³/mol. The van der Waals surface area contributed by atoms with Gasteiger partial charge in [-0.3, -0.25) is 4.79 Å². The SMILES string of the molecule is CCN(CC(C)C(=O)O)C(=O)NCC(C)C(C)(C)C. The number of nitrogens with zero attached hydrogens (tertiary/aromatic N) is 1. The number of aliphatic carboxylic acids is 1. The summed E-state index contributed by atoms with van der Waals surface area (Å²) in [5, 5.41) is 11.8. The molecule has 2 N–H and O–H groups in total. The maximum atomic E-state index is 12.0. The minimum absolute atomic E-state index is 0.138. The molecule has 0 aliphatic carbocycles. The fourth-order valence-electron chi connectivity index (χ4n) is 1.42. The maximum Gasteiger partial charge on any atom is 0.317 e. The number of hydrogen-bond donors (Lipinski definition) is 2. The number of rotatable bonds is 6. The number of urea groups is 1. The van der Waals surface area contributed by atoms with Gasteiger partial charge in [-0.25, -0.2) is 4.79 Å². The molecule has 0 aromatic carbocycles. The lowest BCUT2D eigenvalue weighted by Gasteiger charge is -2.29. The van der Waals surface area contributed by atoms with Crippen molar-refractivity contribution in [3.05, 3.63) is 0 Å². The van der Waals surface area contributed by atoms with Crippen molar-refractivity contribution in [2.45, 2.75) is 41.5 Å². The van der Waals surface area contributed by atoms with E-state index in [9.17, 15) is 9.59 Å². The van der Waals surface area contributed by atoms with E-state index in [1.54, 1.807) is 6.92 Å². The van der Waals surface area contributed by atoms with Crippen LogP contribution in [0, 0.1) is 17.3 Å². The number of carboxylic acid groups (broad SMARTS) is 1. The van der Waals surface area contributed by atoms with Crippen molar-refractivity contribution in [2.24, 2.45) is 17.3 Å². The standard InChI is InChI=1S/C14H28N2O3/c1-7-16(9-10(2)12(17)18)13(19)15-8-11(3)14(4,5)6/h10-11H,7-9H2,1-6H3,(H,15,19)(H,17,18). The second-order valence-corrected chi connectivity index (χ2v) is 6.23. The van der Waals surface area contributed by atoms with Gasteiger partial charge in [0.15, 0.2) is 0 Å². The molecule has 0 heterocycles. The van der Waals surface area contributed by atoms with Crippen LogP contribution in [0.1, 0.15) is 41.5 Å². The number of carboxylic acids is 1. The van der Waals surface area contributed by atoms with Crippen LogP contribution in [-0.4, -0.2) is 41.6 Å². The van der Waals surface area contributed by atoms with Gasteiger partial charge < -0.3 is 15.3 Å². The van der Waals surface area contributed by atoms with Gasteiger partial charge in [-0.05, 0) is 18.3 Å². The molecule has 0 aromatic heterocycles. The Balaban J connectivity index is 4.34. The first-order chi connectivity index (χ1) is 8.59. The molecule has 2 unspecified atom stereocenters. The average Bonchev–Trinajstić information content (AvgIpc) is 2.30. The zero-order valence-corrected chi connectivity index (χ0v) is 13.0. The monoisotopic (exact) mass is 272 g/mol. The summed E-state index contributed by atoms with van der Waals surface area (Å²) in [6.45, 7) is 13.3. The molecule has 0 spiro atoms. The number of carbonyl (C=O) groups is 2. The summed E-state index contributed by atoms with van der Waals surface area (Å²) in [6.07, 6.45) is 0. The van der Waals surface area contributed by atoms with E-state index in [0.717, 1.165) is 0 Å². The summed E-state index contributed by atoms with van der Waals surface area (Å²) in [5.41, 5.74) is 0.138. The molecule has 5 nitrogen and oxygen atoms in total. The molecule has 0 fully saturated rings. The highest BCUT2D eigenvalue weighted by atomic mass is 16.4. The van der Waals surface area contributed by atoms with Crippen molar-refractivity contribution in [2.75, 3.05) is 19.6 Å². The third-order valence-electron chi connectivity index (χ3n) is 3.62. The van der Waals surface area contributed by atoms with Crippen molar-refractivity contribution in [1.29, 1.82) is 0 Å². The van der Waals surface area contributed by atoms with Crippen molar-refractivity contribution in [1.82, 2.24) is 10.2 Å². The lowest BCUT2D eigenvalue weighted by molar-refractivity contribution is -0.141. The Morgan fingerprint density at radius 1 is 1.26 bits per heavy atom. The van der Waals surface area contributed by atoms with E-state index in [1.807, 2.05) is 6.92 Å². The second kappa shape index (κ2) is 7.36. The Bertz CT molecular complexity index is 310. The first kappa shape index (κ1) is 17.7. The molecule has 0 aliphatic rings. The second-order valence-electron chi connectivity index (χ2n) is 6.23. The van der Waals surface area contributed by atoms with Crippen LogP contribution in [0.2, 0.25) is 0 Å². The Kier molecular flexibility index (Phi) is 6.87. The summed E-state index contributed by atoms with van der Waals surface area (Å²) < 4.78 is 0. The molecule has 0 saturated heterocycles. The highest BCUT2D eigenvalue weighted by Gasteiger charge is 2.23. The molecular formula is C14H28N2O3. The quantitative estimate of drug-likeness (QED) is 0.780. The fraction of sp³-hybridized carbons (Fsp3) is 0.857. The maximum absolute atomic E-state index is 12.0. The first-order valence-electron chi connectivity index (χ1n) is 6.85. The van der Waals surface area contributed by atoms with E-state index in [-0.39, 0.29) is 18.0 Å². The molecule has 0 rings (SSSR count). The molecule has 5 heteroatoms. The van der Waals surface area contributed by atoms with Crippen molar-refractivity contribution in [3.63, 3.8) is 0 Å². The van der Waals surface area contributed by atoms with Crippen molar-refractivity contribution in [3.8, 4) is 0 Å². The summed E-state index contributed by atoms with van der Waals surface area (Å²) in [6, 6.07) is -0.188. The van der Waals surface area contributed by atoms with Crippen LogP contribution in [0.5, 0.6) is 0 Å². The fourth-order valence-corrected chi connectivity index (χ4v) is 1.42. The van der Waals surface area contributed by atoms with Gasteiger partial charge in [-0.15, -0.1) is 0 Å². The first-order valence-corrected chi connectivity index (χ1v) is 6.85. The lowest BCUT2D eigenvalue weighted by Crippen LogP contribution is -2.45. The minimum Gasteiger partial charge on any atom is -0.481 e. The van der Waals surface area contributed by atoms with Crippen LogP contribution in [0.15, 0.2) is 0 Å². The van der Waals surface area contributed by atoms with Gasteiger partial charge in [-0.1, -0.05) is 34.6 Å². The van der Waals surface area contributed by atoms with Gasteiger partial charge in [-0.2, -0.15) is 0 Å². The van der Waals surface area contributed by atoms with Crippen LogP contribution < -0.4 is 5.32 Å². The third-order valence-corrected chi connectivity index (χ3v) is 3.62. The Morgan fingerprint density at radius 2 is 1.79 bits per heavy atom. The van der Waals surface area contributed by atoms with Gasteiger partial charge in [0.2, 0.25) is 0 Å². The number of amides is 2. The lowest BCUT2D eigenvalue weighted by atomic mass is 9.82. The normalized spacial score (nSPS) is 14.6. The third kappa shape index (κ3) is 6.45. The van der Waals surface area contributed by atoms with Gasteiger partial charge >= 0.3 is 12.0 Å². The van der Waals surface area contributed by atoms with Crippen LogP contribution >= 0.6 is 0 Å². The summed E-state index contributed by atoms with van der Waals surface area (Å²) in [4.78, 5) is 24.3. The van der Waals surface area contributed by atoms with E-state index in [2.05, 4.69) is 33.0 Å². The molecule has 19 heavy (non-hydrogen) atoms. The van der Waals surface area contributed by atoms with E-state index in [1.165, 1.54) is 4.90 Å². The molecule has 0 aliphatic heterocycles. The van der Waals surface area contributed by atoms with E-state index >= 15 is 0 Å². The van der Waals surface area contributed by atoms with Gasteiger partial charge in [0.25, 0.3) is 0 Å². The number of nitrogens with one attached hydrogen (secondary N) is 1. The Labute approximate surface area is 116 Å². The smallest absolute Gasteiger partial charge is 0.317 e. The molecule has 0 radical (unpaired) electrons.